The first-order valence-electron chi connectivity index (χ1n) is 7.02. The summed E-state index contributed by atoms with van der Waals surface area (Å²) in [6.45, 7) is 4.20. The molecule has 7 heteroatoms. The van der Waals surface area contributed by atoms with Crippen LogP contribution in [0.1, 0.15) is 30.0 Å². The lowest BCUT2D eigenvalue weighted by molar-refractivity contribution is -0.167. The lowest BCUT2D eigenvalue weighted by atomic mass is 10.1. The molecule has 1 aromatic carbocycles. The van der Waals surface area contributed by atoms with E-state index in [0.717, 1.165) is 17.1 Å². The summed E-state index contributed by atoms with van der Waals surface area (Å²) < 4.78 is 42.2. The van der Waals surface area contributed by atoms with Crippen LogP contribution < -0.4 is 10.6 Å². The molecule has 0 aliphatic rings. The summed E-state index contributed by atoms with van der Waals surface area (Å²) in [4.78, 5) is 10.9. The molecule has 0 bridgehead atoms. The van der Waals surface area contributed by atoms with Crippen LogP contribution in [0.15, 0.2) is 40.8 Å². The topological polar surface area (TPSA) is 54.3 Å². The number of halogens is 3. The predicted molar refractivity (Wildman–Crippen MR) is 79.8 cm³/mol. The first-order valence-corrected chi connectivity index (χ1v) is 7.02. The van der Waals surface area contributed by atoms with Crippen LogP contribution in [0.4, 0.5) is 18.9 Å². The number of rotatable bonds is 5. The number of carbonyl (C=O) groups excluding carboxylic acids is 1. The van der Waals surface area contributed by atoms with Crippen molar-refractivity contribution < 1.29 is 22.4 Å². The van der Waals surface area contributed by atoms with Gasteiger partial charge in [-0.2, -0.15) is 13.2 Å². The van der Waals surface area contributed by atoms with Crippen molar-refractivity contribution in [3.05, 3.63) is 53.5 Å². The highest BCUT2D eigenvalue weighted by Gasteiger charge is 2.38. The number of nitrogens with one attached hydrogen (secondary N) is 2. The van der Waals surface area contributed by atoms with Crippen molar-refractivity contribution in [3.8, 4) is 0 Å². The average Bonchev–Trinajstić information content (AvgIpc) is 2.91. The Labute approximate surface area is 131 Å². The van der Waals surface area contributed by atoms with E-state index in [4.69, 9.17) is 4.42 Å². The lowest BCUT2D eigenvalue weighted by Crippen LogP contribution is -2.30. The van der Waals surface area contributed by atoms with E-state index in [1.54, 1.807) is 12.1 Å². The van der Waals surface area contributed by atoms with Gasteiger partial charge in [0.1, 0.15) is 11.5 Å². The van der Waals surface area contributed by atoms with Crippen LogP contribution >= 0.6 is 0 Å². The second-order valence-electron chi connectivity index (χ2n) is 5.20. The van der Waals surface area contributed by atoms with Crippen molar-refractivity contribution in [2.45, 2.75) is 32.6 Å². The summed E-state index contributed by atoms with van der Waals surface area (Å²) >= 11 is 0. The van der Waals surface area contributed by atoms with Gasteiger partial charge < -0.3 is 15.1 Å². The average molecular weight is 326 g/mol. The van der Waals surface area contributed by atoms with Gasteiger partial charge in [0.25, 0.3) is 0 Å². The van der Waals surface area contributed by atoms with Gasteiger partial charge >= 0.3 is 12.1 Å². The maximum Gasteiger partial charge on any atom is 0.471 e. The Balaban J connectivity index is 1.96. The molecule has 0 fully saturated rings. The monoisotopic (exact) mass is 326 g/mol. The highest BCUT2D eigenvalue weighted by atomic mass is 19.4. The Morgan fingerprint density at radius 3 is 2.61 bits per heavy atom. The molecule has 0 spiro atoms. The predicted octanol–water partition coefficient (Wildman–Crippen LogP) is 3.94. The summed E-state index contributed by atoms with van der Waals surface area (Å²) in [5.74, 6) is -0.392. The summed E-state index contributed by atoms with van der Waals surface area (Å²) in [5, 5.41) is 5.05. The lowest BCUT2D eigenvalue weighted by Gasteiger charge is -2.13. The van der Waals surface area contributed by atoms with Crippen molar-refractivity contribution in [2.75, 3.05) is 5.32 Å². The summed E-state index contributed by atoms with van der Waals surface area (Å²) in [6.07, 6.45) is -4.90. The Kier molecular flexibility index (Phi) is 5.10. The molecule has 2 aromatic rings. The Morgan fingerprint density at radius 2 is 2.00 bits per heavy atom. The summed E-state index contributed by atoms with van der Waals surface area (Å²) in [7, 11) is 0. The first-order chi connectivity index (χ1) is 10.8. The Bertz CT molecular complexity index is 680. The molecule has 1 amide bonds. The molecule has 0 radical (unpaired) electrons. The smallest absolute Gasteiger partial charge is 0.465 e. The number of amides is 1. The minimum atomic E-state index is -4.90. The van der Waals surface area contributed by atoms with Gasteiger partial charge in [0, 0.05) is 12.2 Å². The zero-order chi connectivity index (χ0) is 17.0. The first kappa shape index (κ1) is 17.1. The van der Waals surface area contributed by atoms with E-state index in [-0.39, 0.29) is 11.7 Å². The van der Waals surface area contributed by atoms with Gasteiger partial charge in [-0.1, -0.05) is 12.1 Å². The minimum Gasteiger partial charge on any atom is -0.465 e. The highest BCUT2D eigenvalue weighted by Crippen LogP contribution is 2.20. The van der Waals surface area contributed by atoms with E-state index in [1.165, 1.54) is 12.1 Å². The van der Waals surface area contributed by atoms with Gasteiger partial charge in [0.2, 0.25) is 0 Å². The van der Waals surface area contributed by atoms with Crippen molar-refractivity contribution in [1.29, 1.82) is 0 Å². The quantitative estimate of drug-likeness (QED) is 0.875. The fourth-order valence-electron chi connectivity index (χ4n) is 2.02. The van der Waals surface area contributed by atoms with Crippen LogP contribution in [0.3, 0.4) is 0 Å². The van der Waals surface area contributed by atoms with Gasteiger partial charge in [-0.05, 0) is 43.7 Å². The van der Waals surface area contributed by atoms with Gasteiger partial charge in [0.05, 0.1) is 6.04 Å². The molecule has 0 saturated heterocycles. The van der Waals surface area contributed by atoms with Gasteiger partial charge in [-0.15, -0.1) is 0 Å². The molecule has 1 unspecified atom stereocenters. The van der Waals surface area contributed by atoms with E-state index in [1.807, 2.05) is 31.3 Å². The molecule has 2 rings (SSSR count). The van der Waals surface area contributed by atoms with Gasteiger partial charge in [-0.25, -0.2) is 0 Å². The largest absolute Gasteiger partial charge is 0.471 e. The zero-order valence-corrected chi connectivity index (χ0v) is 12.7. The third-order valence-corrected chi connectivity index (χ3v) is 3.24. The van der Waals surface area contributed by atoms with Gasteiger partial charge in [-0.3, -0.25) is 4.79 Å². The molecule has 0 saturated carbocycles. The number of benzene rings is 1. The number of alkyl halides is 3. The second-order valence-corrected chi connectivity index (χ2v) is 5.20. The number of furan rings is 1. The third-order valence-electron chi connectivity index (χ3n) is 3.24. The van der Waals surface area contributed by atoms with Crippen molar-refractivity contribution in [3.63, 3.8) is 0 Å². The van der Waals surface area contributed by atoms with Crippen LogP contribution in [0, 0.1) is 6.92 Å². The molecule has 124 valence electrons. The molecule has 1 aromatic heterocycles. The molecule has 0 aliphatic carbocycles. The van der Waals surface area contributed by atoms with E-state index in [2.05, 4.69) is 5.32 Å². The molecule has 1 atom stereocenters. The van der Waals surface area contributed by atoms with Crippen LogP contribution in [0.25, 0.3) is 0 Å². The van der Waals surface area contributed by atoms with Crippen LogP contribution in [-0.2, 0) is 11.3 Å². The number of hydrogen-bond acceptors (Lipinski definition) is 3. The molecule has 1 heterocycles. The Hall–Kier alpha value is -2.28. The number of aryl methyl sites for hydroxylation is 1. The third kappa shape index (κ3) is 4.85. The fourth-order valence-corrected chi connectivity index (χ4v) is 2.02. The molecular formula is C16H17F3N2O2. The second kappa shape index (κ2) is 6.87. The molecule has 2 N–H and O–H groups in total. The maximum absolute atomic E-state index is 12.2. The van der Waals surface area contributed by atoms with Crippen LogP contribution in [0.5, 0.6) is 0 Å². The molecule has 4 nitrogen and oxygen atoms in total. The maximum atomic E-state index is 12.2. The van der Waals surface area contributed by atoms with Crippen molar-refractivity contribution in [1.82, 2.24) is 5.32 Å². The fraction of sp³-hybridized carbons (Fsp3) is 0.312. The van der Waals surface area contributed by atoms with Crippen molar-refractivity contribution >= 4 is 11.6 Å². The highest BCUT2D eigenvalue weighted by molar-refractivity contribution is 5.94. The van der Waals surface area contributed by atoms with Crippen LogP contribution in [0.2, 0.25) is 0 Å². The van der Waals surface area contributed by atoms with E-state index in [0.29, 0.717) is 6.54 Å². The van der Waals surface area contributed by atoms with Crippen LogP contribution in [-0.4, -0.2) is 12.1 Å². The number of hydrogen-bond donors (Lipinski definition) is 2. The van der Waals surface area contributed by atoms with E-state index in [9.17, 15) is 18.0 Å². The molecule has 23 heavy (non-hydrogen) atoms. The van der Waals surface area contributed by atoms with E-state index < -0.39 is 12.1 Å². The standard InChI is InChI=1S/C16H17F3N2O2/c1-10-6-7-14(23-10)11(2)20-9-12-4-3-5-13(8-12)21-15(22)16(17,18)19/h3-8,11,20H,9H2,1-2H3,(H,21,22). The number of anilines is 1. The van der Waals surface area contributed by atoms with Crippen molar-refractivity contribution in [2.24, 2.45) is 0 Å². The molecule has 0 aliphatic heterocycles. The number of carbonyl (C=O) groups is 1. The molecular weight excluding hydrogens is 309 g/mol. The normalized spacial score (nSPS) is 12.9. The van der Waals surface area contributed by atoms with E-state index >= 15 is 0 Å². The minimum absolute atomic E-state index is 0.0443. The Morgan fingerprint density at radius 1 is 1.26 bits per heavy atom. The summed E-state index contributed by atoms with van der Waals surface area (Å²) in [6, 6.07) is 9.94. The summed E-state index contributed by atoms with van der Waals surface area (Å²) in [5.41, 5.74) is 0.855. The van der Waals surface area contributed by atoms with Gasteiger partial charge in [0.15, 0.2) is 0 Å². The SMILES string of the molecule is Cc1ccc(C(C)NCc2cccc(NC(=O)C(F)(F)F)c2)o1. The zero-order valence-electron chi connectivity index (χ0n) is 12.7.